The largest absolute Gasteiger partial charge is 0.493 e. The number of fused-ring (bicyclic) bond motifs is 2. The molecule has 0 aliphatic carbocycles. The van der Waals surface area contributed by atoms with Gasteiger partial charge in [0.1, 0.15) is 5.82 Å². The maximum absolute atomic E-state index is 12.7. The lowest BCUT2D eigenvalue weighted by Gasteiger charge is -2.25. The second-order valence-corrected chi connectivity index (χ2v) is 9.65. The molecule has 1 amide bonds. The smallest absolute Gasteiger partial charge is 0.226 e. The summed E-state index contributed by atoms with van der Waals surface area (Å²) in [5, 5.41) is 8.54. The van der Waals surface area contributed by atoms with Crippen LogP contribution in [-0.4, -0.2) is 34.4 Å². The van der Waals surface area contributed by atoms with E-state index in [0.29, 0.717) is 36.3 Å². The van der Waals surface area contributed by atoms with Crippen LogP contribution in [0.4, 0.5) is 5.82 Å². The van der Waals surface area contributed by atoms with Gasteiger partial charge in [-0.2, -0.15) is 9.78 Å². The van der Waals surface area contributed by atoms with Gasteiger partial charge in [-0.25, -0.2) is 4.98 Å². The molecule has 2 aromatic heterocycles. The normalized spacial score (nSPS) is 15.5. The van der Waals surface area contributed by atoms with Crippen molar-refractivity contribution >= 4 is 33.3 Å². The fourth-order valence-electron chi connectivity index (χ4n) is 4.20. The molecule has 8 heteroatoms. The molecule has 0 unspecified atom stereocenters. The predicted octanol–water partition coefficient (Wildman–Crippen LogP) is 5.31. The molecular formula is C25H26N4O3S. The van der Waals surface area contributed by atoms with Crippen LogP contribution in [0.3, 0.4) is 0 Å². The second kappa shape index (κ2) is 8.51. The van der Waals surface area contributed by atoms with Crippen LogP contribution in [0.2, 0.25) is 0 Å². The zero-order chi connectivity index (χ0) is 23.1. The van der Waals surface area contributed by atoms with E-state index >= 15 is 0 Å². The van der Waals surface area contributed by atoms with E-state index in [2.05, 4.69) is 19.2 Å². The highest BCUT2D eigenvalue weighted by Crippen LogP contribution is 2.43. The molecule has 0 saturated carbocycles. The molecule has 1 N–H and O–H groups in total. The molecule has 7 nitrogen and oxygen atoms in total. The molecule has 0 saturated heterocycles. The number of para-hydroxylation sites is 1. The minimum Gasteiger partial charge on any atom is -0.493 e. The van der Waals surface area contributed by atoms with Gasteiger partial charge in [0.15, 0.2) is 11.5 Å². The first-order valence-electron chi connectivity index (χ1n) is 11.0. The van der Waals surface area contributed by atoms with Gasteiger partial charge in [-0.15, -0.1) is 0 Å². The van der Waals surface area contributed by atoms with Crippen molar-refractivity contribution in [3.8, 4) is 16.6 Å². The maximum Gasteiger partial charge on any atom is 0.226 e. The zero-order valence-electron chi connectivity index (χ0n) is 19.1. The van der Waals surface area contributed by atoms with Crippen molar-refractivity contribution in [3.63, 3.8) is 0 Å². The third-order valence-corrected chi connectivity index (χ3v) is 6.74. The topological polar surface area (TPSA) is 78.3 Å². The molecule has 4 aromatic rings. The Bertz CT molecular complexity index is 1310. The Morgan fingerprint density at radius 1 is 1.21 bits per heavy atom. The first kappa shape index (κ1) is 21.5. The van der Waals surface area contributed by atoms with Crippen LogP contribution in [0.5, 0.6) is 11.5 Å². The third kappa shape index (κ3) is 3.95. The Morgan fingerprint density at radius 2 is 2.03 bits per heavy atom. The summed E-state index contributed by atoms with van der Waals surface area (Å²) in [5.74, 6) is 2.29. The molecule has 2 aromatic carbocycles. The van der Waals surface area contributed by atoms with E-state index < -0.39 is 0 Å². The number of rotatable bonds is 6. The minimum absolute atomic E-state index is 0.0473. The van der Waals surface area contributed by atoms with Crippen LogP contribution >= 0.6 is 11.3 Å². The number of amides is 1. The van der Waals surface area contributed by atoms with Crippen LogP contribution in [0.25, 0.3) is 15.3 Å². The van der Waals surface area contributed by atoms with Crippen LogP contribution in [0, 0.1) is 12.8 Å². The van der Waals surface area contributed by atoms with Gasteiger partial charge in [-0.05, 0) is 42.7 Å². The van der Waals surface area contributed by atoms with Crippen LogP contribution < -0.4 is 14.8 Å². The summed E-state index contributed by atoms with van der Waals surface area (Å²) in [4.78, 5) is 17.5. The molecule has 0 fully saturated rings. The number of nitrogens with one attached hydrogen (secondary N) is 1. The van der Waals surface area contributed by atoms with E-state index in [9.17, 15) is 4.79 Å². The lowest BCUT2D eigenvalue weighted by molar-refractivity contribution is -0.116. The van der Waals surface area contributed by atoms with Crippen LogP contribution in [0.1, 0.15) is 43.0 Å². The molecule has 33 heavy (non-hydrogen) atoms. The molecule has 3 heterocycles. The molecule has 170 valence electrons. The summed E-state index contributed by atoms with van der Waals surface area (Å²) in [6.45, 7) is 6.80. The average molecular weight is 463 g/mol. The van der Waals surface area contributed by atoms with Gasteiger partial charge in [-0.1, -0.05) is 43.4 Å². The molecule has 0 spiro atoms. The van der Waals surface area contributed by atoms with Crippen molar-refractivity contribution in [2.45, 2.75) is 33.1 Å². The highest BCUT2D eigenvalue weighted by molar-refractivity contribution is 7.20. The van der Waals surface area contributed by atoms with E-state index in [1.165, 1.54) is 0 Å². The lowest BCUT2D eigenvalue weighted by Crippen LogP contribution is -2.25. The van der Waals surface area contributed by atoms with E-state index in [4.69, 9.17) is 19.6 Å². The number of thiazole rings is 1. The number of aryl methyl sites for hydroxylation is 1. The molecule has 1 atom stereocenters. The summed E-state index contributed by atoms with van der Waals surface area (Å²) in [7, 11) is 1.64. The number of methoxy groups -OCH3 is 1. The summed E-state index contributed by atoms with van der Waals surface area (Å²) in [6.07, 6.45) is 0.342. The Hall–Kier alpha value is -3.39. The number of nitrogens with zero attached hydrogens (tertiary/aromatic N) is 3. The Kier molecular flexibility index (Phi) is 5.54. The summed E-state index contributed by atoms with van der Waals surface area (Å²) in [5.41, 5.74) is 3.78. The van der Waals surface area contributed by atoms with E-state index in [1.807, 2.05) is 49.4 Å². The number of carbonyl (C=O) groups is 1. The van der Waals surface area contributed by atoms with Gasteiger partial charge < -0.3 is 14.8 Å². The number of aromatic nitrogens is 3. The monoisotopic (exact) mass is 462 g/mol. The summed E-state index contributed by atoms with van der Waals surface area (Å²) >= 11 is 1.55. The first-order chi connectivity index (χ1) is 15.9. The Labute approximate surface area is 196 Å². The molecular weight excluding hydrogens is 436 g/mol. The quantitative estimate of drug-likeness (QED) is 0.420. The van der Waals surface area contributed by atoms with Crippen LogP contribution in [0.15, 0.2) is 42.5 Å². The van der Waals surface area contributed by atoms with Gasteiger partial charge in [0.05, 0.1) is 29.6 Å². The van der Waals surface area contributed by atoms with Gasteiger partial charge in [0, 0.05) is 17.9 Å². The molecule has 0 radical (unpaired) electrons. The van der Waals surface area contributed by atoms with Crippen molar-refractivity contribution in [1.29, 1.82) is 0 Å². The first-order valence-corrected chi connectivity index (χ1v) is 11.8. The van der Waals surface area contributed by atoms with Crippen molar-refractivity contribution in [2.24, 2.45) is 5.92 Å². The van der Waals surface area contributed by atoms with Gasteiger partial charge in [0.2, 0.25) is 11.0 Å². The van der Waals surface area contributed by atoms with E-state index in [-0.39, 0.29) is 11.8 Å². The fourth-order valence-corrected chi connectivity index (χ4v) is 5.12. The van der Waals surface area contributed by atoms with Crippen LogP contribution in [-0.2, 0) is 4.79 Å². The van der Waals surface area contributed by atoms with Crippen molar-refractivity contribution in [2.75, 3.05) is 19.0 Å². The molecule has 0 bridgehead atoms. The van der Waals surface area contributed by atoms with Gasteiger partial charge in [0.25, 0.3) is 0 Å². The Balaban J connectivity index is 1.56. The maximum atomic E-state index is 12.7. The average Bonchev–Trinajstić information content (AvgIpc) is 3.38. The van der Waals surface area contributed by atoms with Gasteiger partial charge in [-0.3, -0.25) is 4.79 Å². The number of anilines is 1. The number of ether oxygens (including phenoxy) is 2. The number of carbonyl (C=O) groups excluding carboxylic acids is 1. The van der Waals surface area contributed by atoms with Crippen molar-refractivity contribution < 1.29 is 14.3 Å². The highest BCUT2D eigenvalue weighted by atomic mass is 32.1. The zero-order valence-corrected chi connectivity index (χ0v) is 19.9. The molecule has 1 aliphatic heterocycles. The predicted molar refractivity (Wildman–Crippen MR) is 130 cm³/mol. The SMILES string of the molecule is COc1cc([C@@H]2CC(=O)Nc3c2c(C)nn3-c2nc3ccccc3s2)ccc1OCC(C)C. The number of benzene rings is 2. The highest BCUT2D eigenvalue weighted by Gasteiger charge is 2.33. The van der Waals surface area contributed by atoms with E-state index in [1.54, 1.807) is 23.1 Å². The number of hydrogen-bond donors (Lipinski definition) is 1. The lowest BCUT2D eigenvalue weighted by atomic mass is 9.85. The summed E-state index contributed by atoms with van der Waals surface area (Å²) in [6, 6.07) is 13.9. The number of hydrogen-bond acceptors (Lipinski definition) is 6. The molecule has 5 rings (SSSR count). The minimum atomic E-state index is -0.134. The van der Waals surface area contributed by atoms with Crippen molar-refractivity contribution in [3.05, 3.63) is 59.3 Å². The summed E-state index contributed by atoms with van der Waals surface area (Å²) < 4.78 is 14.4. The van der Waals surface area contributed by atoms with Gasteiger partial charge >= 0.3 is 0 Å². The second-order valence-electron chi connectivity index (χ2n) is 8.64. The Morgan fingerprint density at radius 3 is 2.79 bits per heavy atom. The third-order valence-electron chi connectivity index (χ3n) is 5.73. The fraction of sp³-hybridized carbons (Fsp3) is 0.320. The molecule has 1 aliphatic rings. The standard InChI is InChI=1S/C25H26N4O3S/c1-14(2)13-32-19-10-9-16(11-20(19)31-4)17-12-22(30)27-24-23(17)15(3)28-29(24)25-26-18-7-5-6-8-21(18)33-25/h5-11,14,17H,12-13H2,1-4H3,(H,27,30)/t17-/m0/s1. The van der Waals surface area contributed by atoms with Crippen molar-refractivity contribution in [1.82, 2.24) is 14.8 Å². The van der Waals surface area contributed by atoms with E-state index in [0.717, 1.165) is 32.2 Å².